The molecule has 0 radical (unpaired) electrons. The number of aromatic nitrogens is 1. The van der Waals surface area contributed by atoms with Crippen LogP contribution >= 0.6 is 24.8 Å². The summed E-state index contributed by atoms with van der Waals surface area (Å²) in [4.78, 5) is 4.02. The number of nitrogens with zero attached hydrogens (tertiary/aromatic N) is 1. The van der Waals surface area contributed by atoms with E-state index < -0.39 is 0 Å². The van der Waals surface area contributed by atoms with Crippen LogP contribution in [-0.2, 0) is 0 Å². The van der Waals surface area contributed by atoms with Crippen LogP contribution in [-0.4, -0.2) is 18.6 Å². The van der Waals surface area contributed by atoms with Gasteiger partial charge in [-0.05, 0) is 31.6 Å². The minimum absolute atomic E-state index is 0. The van der Waals surface area contributed by atoms with Gasteiger partial charge in [-0.3, -0.25) is 4.98 Å². The van der Waals surface area contributed by atoms with Gasteiger partial charge >= 0.3 is 0 Å². The summed E-state index contributed by atoms with van der Waals surface area (Å²) < 4.78 is 0. The van der Waals surface area contributed by atoms with Gasteiger partial charge < -0.3 is 5.32 Å². The predicted octanol–water partition coefficient (Wildman–Crippen LogP) is 2.55. The van der Waals surface area contributed by atoms with Crippen molar-refractivity contribution in [2.75, 3.05) is 13.6 Å². The number of pyridine rings is 1. The Labute approximate surface area is 97.6 Å². The highest BCUT2D eigenvalue weighted by Crippen LogP contribution is 1.98. The number of halogens is 2. The molecule has 14 heavy (non-hydrogen) atoms. The Balaban J connectivity index is 0. The second-order valence-electron chi connectivity index (χ2n) is 2.58. The SMILES string of the molecule is CNCC/C=C/c1cccnc1.Cl.Cl. The molecule has 0 spiro atoms. The zero-order chi connectivity index (χ0) is 8.65. The molecule has 2 nitrogen and oxygen atoms in total. The fourth-order valence-corrected chi connectivity index (χ4v) is 0.922. The molecule has 1 N–H and O–H groups in total. The van der Waals surface area contributed by atoms with Gasteiger partial charge in [0.1, 0.15) is 0 Å². The van der Waals surface area contributed by atoms with E-state index in [0.717, 1.165) is 18.5 Å². The Morgan fingerprint density at radius 1 is 1.43 bits per heavy atom. The molecule has 0 bridgehead atoms. The minimum atomic E-state index is 0. The zero-order valence-electron chi connectivity index (χ0n) is 8.14. The first-order chi connectivity index (χ1) is 5.93. The molecule has 4 heteroatoms. The van der Waals surface area contributed by atoms with Gasteiger partial charge in [0.2, 0.25) is 0 Å². The standard InChI is InChI=1S/C10H14N2.2ClH/c1-11-7-3-2-5-10-6-4-8-12-9-10;;/h2,4-6,8-9,11H,3,7H2,1H3;2*1H/b5-2+;;. The molecule has 0 atom stereocenters. The minimum Gasteiger partial charge on any atom is -0.319 e. The van der Waals surface area contributed by atoms with Crippen molar-refractivity contribution < 1.29 is 0 Å². The van der Waals surface area contributed by atoms with Gasteiger partial charge in [-0.2, -0.15) is 0 Å². The fourth-order valence-electron chi connectivity index (χ4n) is 0.922. The Hall–Kier alpha value is -0.570. The lowest BCUT2D eigenvalue weighted by Gasteiger charge is -1.92. The average molecular weight is 235 g/mol. The van der Waals surface area contributed by atoms with Crippen molar-refractivity contribution in [1.82, 2.24) is 10.3 Å². The molecule has 0 saturated carbocycles. The first kappa shape index (κ1) is 15.9. The lowest BCUT2D eigenvalue weighted by molar-refractivity contribution is 0.809. The summed E-state index contributed by atoms with van der Waals surface area (Å²) in [6.07, 6.45) is 8.93. The van der Waals surface area contributed by atoms with Crippen molar-refractivity contribution in [1.29, 1.82) is 0 Å². The van der Waals surface area contributed by atoms with Gasteiger partial charge in [0.15, 0.2) is 0 Å². The summed E-state index contributed by atoms with van der Waals surface area (Å²) in [6, 6.07) is 3.99. The van der Waals surface area contributed by atoms with Crippen molar-refractivity contribution in [3.05, 3.63) is 36.2 Å². The number of nitrogens with one attached hydrogen (secondary N) is 1. The lowest BCUT2D eigenvalue weighted by Crippen LogP contribution is -2.05. The first-order valence-corrected chi connectivity index (χ1v) is 4.14. The maximum atomic E-state index is 4.02. The summed E-state index contributed by atoms with van der Waals surface area (Å²) in [7, 11) is 1.96. The summed E-state index contributed by atoms with van der Waals surface area (Å²) in [6.45, 7) is 1.02. The van der Waals surface area contributed by atoms with Crippen molar-refractivity contribution in [2.24, 2.45) is 0 Å². The van der Waals surface area contributed by atoms with Crippen molar-refractivity contribution >= 4 is 30.9 Å². The van der Waals surface area contributed by atoms with Crippen LogP contribution in [0.4, 0.5) is 0 Å². The molecule has 0 fully saturated rings. The molecule has 0 aliphatic heterocycles. The molecule has 1 rings (SSSR count). The topological polar surface area (TPSA) is 24.9 Å². The Kier molecular flexibility index (Phi) is 11.9. The Morgan fingerprint density at radius 2 is 2.21 bits per heavy atom. The normalized spacial score (nSPS) is 9.21. The molecule has 80 valence electrons. The summed E-state index contributed by atoms with van der Waals surface area (Å²) in [5, 5.41) is 3.09. The van der Waals surface area contributed by atoms with E-state index in [1.807, 2.05) is 25.4 Å². The van der Waals surface area contributed by atoms with E-state index in [0.29, 0.717) is 0 Å². The molecule has 1 aromatic heterocycles. The maximum Gasteiger partial charge on any atom is 0.0340 e. The van der Waals surface area contributed by atoms with E-state index in [1.54, 1.807) is 6.20 Å². The third kappa shape index (κ3) is 6.89. The van der Waals surface area contributed by atoms with E-state index >= 15 is 0 Å². The van der Waals surface area contributed by atoms with Crippen molar-refractivity contribution in [2.45, 2.75) is 6.42 Å². The molecule has 0 aromatic carbocycles. The van der Waals surface area contributed by atoms with Crippen LogP contribution < -0.4 is 5.32 Å². The van der Waals surface area contributed by atoms with E-state index in [2.05, 4.69) is 22.5 Å². The summed E-state index contributed by atoms with van der Waals surface area (Å²) >= 11 is 0. The van der Waals surface area contributed by atoms with Crippen LogP contribution in [0.25, 0.3) is 6.08 Å². The monoisotopic (exact) mass is 234 g/mol. The van der Waals surface area contributed by atoms with Gasteiger partial charge in [-0.15, -0.1) is 24.8 Å². The lowest BCUT2D eigenvalue weighted by atomic mass is 10.2. The summed E-state index contributed by atoms with van der Waals surface area (Å²) in [5.41, 5.74) is 1.16. The van der Waals surface area contributed by atoms with Crippen LogP contribution in [0.2, 0.25) is 0 Å². The van der Waals surface area contributed by atoms with Crippen LogP contribution in [0.3, 0.4) is 0 Å². The molecule has 1 aromatic rings. The van der Waals surface area contributed by atoms with Gasteiger partial charge in [0, 0.05) is 12.4 Å². The van der Waals surface area contributed by atoms with Gasteiger partial charge in [0.25, 0.3) is 0 Å². The van der Waals surface area contributed by atoms with Crippen LogP contribution in [0.5, 0.6) is 0 Å². The zero-order valence-corrected chi connectivity index (χ0v) is 9.78. The number of hydrogen-bond acceptors (Lipinski definition) is 2. The van der Waals surface area contributed by atoms with Crippen LogP contribution in [0.1, 0.15) is 12.0 Å². The molecular weight excluding hydrogens is 219 g/mol. The van der Waals surface area contributed by atoms with E-state index in [4.69, 9.17) is 0 Å². The number of hydrogen-bond donors (Lipinski definition) is 1. The summed E-state index contributed by atoms with van der Waals surface area (Å²) in [5.74, 6) is 0. The Morgan fingerprint density at radius 3 is 2.79 bits per heavy atom. The Bertz CT molecular complexity index is 237. The third-order valence-electron chi connectivity index (χ3n) is 1.56. The average Bonchev–Trinajstić information content (AvgIpc) is 2.14. The quantitative estimate of drug-likeness (QED) is 0.811. The predicted molar refractivity (Wildman–Crippen MR) is 66.3 cm³/mol. The smallest absolute Gasteiger partial charge is 0.0340 e. The highest BCUT2D eigenvalue weighted by Gasteiger charge is 1.82. The van der Waals surface area contributed by atoms with Crippen LogP contribution in [0.15, 0.2) is 30.6 Å². The number of rotatable bonds is 4. The van der Waals surface area contributed by atoms with Crippen LogP contribution in [0, 0.1) is 0 Å². The maximum absolute atomic E-state index is 4.02. The van der Waals surface area contributed by atoms with Gasteiger partial charge in [-0.1, -0.05) is 18.2 Å². The van der Waals surface area contributed by atoms with E-state index in [-0.39, 0.29) is 24.8 Å². The molecular formula is C10H16Cl2N2. The van der Waals surface area contributed by atoms with Gasteiger partial charge in [-0.25, -0.2) is 0 Å². The van der Waals surface area contributed by atoms with E-state index in [1.165, 1.54) is 0 Å². The highest BCUT2D eigenvalue weighted by molar-refractivity contribution is 5.85. The molecule has 0 saturated heterocycles. The largest absolute Gasteiger partial charge is 0.319 e. The van der Waals surface area contributed by atoms with Crippen molar-refractivity contribution in [3.63, 3.8) is 0 Å². The van der Waals surface area contributed by atoms with Gasteiger partial charge in [0.05, 0.1) is 0 Å². The third-order valence-corrected chi connectivity index (χ3v) is 1.56. The molecule has 0 unspecified atom stereocenters. The molecule has 1 heterocycles. The second-order valence-corrected chi connectivity index (χ2v) is 2.58. The molecule has 0 aliphatic carbocycles. The molecule has 0 amide bonds. The first-order valence-electron chi connectivity index (χ1n) is 4.14. The highest BCUT2D eigenvalue weighted by atomic mass is 35.5. The van der Waals surface area contributed by atoms with Crippen molar-refractivity contribution in [3.8, 4) is 0 Å². The fraction of sp³-hybridized carbons (Fsp3) is 0.300. The van der Waals surface area contributed by atoms with E-state index in [9.17, 15) is 0 Å². The molecule has 0 aliphatic rings. The second kappa shape index (κ2) is 10.5.